The van der Waals surface area contributed by atoms with E-state index in [1.165, 1.54) is 6.33 Å². The molecule has 0 unspecified atom stereocenters. The van der Waals surface area contributed by atoms with Crippen molar-refractivity contribution in [2.75, 3.05) is 5.43 Å². The number of nitrogens with zero attached hydrogens (tertiary/aromatic N) is 7. The fourth-order valence-corrected chi connectivity index (χ4v) is 2.20. The summed E-state index contributed by atoms with van der Waals surface area (Å²) < 4.78 is 1.66. The number of fused-ring (bicyclic) bond motifs is 1. The first-order valence-electron chi connectivity index (χ1n) is 7.21. The van der Waals surface area contributed by atoms with Crippen molar-refractivity contribution in [3.8, 4) is 5.82 Å². The Morgan fingerprint density at radius 1 is 1.00 bits per heavy atom. The van der Waals surface area contributed by atoms with E-state index < -0.39 is 0 Å². The Balaban J connectivity index is 1.65. The van der Waals surface area contributed by atoms with Crippen molar-refractivity contribution >= 4 is 23.1 Å². The van der Waals surface area contributed by atoms with E-state index in [2.05, 4.69) is 35.6 Å². The lowest BCUT2D eigenvalue weighted by molar-refractivity contribution is 0.861. The zero-order valence-electron chi connectivity index (χ0n) is 12.5. The summed E-state index contributed by atoms with van der Waals surface area (Å²) in [7, 11) is 0. The van der Waals surface area contributed by atoms with E-state index >= 15 is 0 Å². The minimum atomic E-state index is 0.576. The van der Waals surface area contributed by atoms with Gasteiger partial charge < -0.3 is 0 Å². The third-order valence-corrected chi connectivity index (χ3v) is 3.32. The molecule has 0 aliphatic carbocycles. The van der Waals surface area contributed by atoms with Crippen molar-refractivity contribution in [1.82, 2.24) is 29.7 Å². The average Bonchev–Trinajstić information content (AvgIpc) is 3.08. The van der Waals surface area contributed by atoms with Crippen molar-refractivity contribution in [3.05, 3.63) is 67.0 Å². The van der Waals surface area contributed by atoms with Gasteiger partial charge in [-0.2, -0.15) is 14.9 Å². The van der Waals surface area contributed by atoms with Gasteiger partial charge >= 0.3 is 0 Å². The van der Waals surface area contributed by atoms with Crippen molar-refractivity contribution in [2.45, 2.75) is 0 Å². The van der Waals surface area contributed by atoms with E-state index in [4.69, 9.17) is 0 Å². The van der Waals surface area contributed by atoms with Crippen LogP contribution >= 0.6 is 0 Å². The lowest BCUT2D eigenvalue weighted by Crippen LogP contribution is -2.01. The second-order valence-corrected chi connectivity index (χ2v) is 4.85. The Kier molecular flexibility index (Phi) is 3.61. The quantitative estimate of drug-likeness (QED) is 0.457. The monoisotopic (exact) mass is 316 g/mol. The number of aromatic nitrogens is 6. The number of hydrogen-bond donors (Lipinski definition) is 1. The van der Waals surface area contributed by atoms with Crippen LogP contribution in [-0.2, 0) is 0 Å². The van der Waals surface area contributed by atoms with Gasteiger partial charge in [-0.05, 0) is 29.8 Å². The van der Waals surface area contributed by atoms with Crippen LogP contribution in [0, 0.1) is 0 Å². The number of pyridine rings is 2. The van der Waals surface area contributed by atoms with Crippen LogP contribution in [0.25, 0.3) is 16.9 Å². The first kappa shape index (κ1) is 13.9. The second kappa shape index (κ2) is 6.21. The van der Waals surface area contributed by atoms with Crippen LogP contribution in [0.5, 0.6) is 0 Å². The number of nitrogens with one attached hydrogen (secondary N) is 1. The van der Waals surface area contributed by atoms with Crippen molar-refractivity contribution < 1.29 is 0 Å². The van der Waals surface area contributed by atoms with Gasteiger partial charge in [-0.15, -0.1) is 0 Å². The van der Waals surface area contributed by atoms with Gasteiger partial charge in [0.2, 0.25) is 0 Å². The lowest BCUT2D eigenvalue weighted by Gasteiger charge is -2.02. The Morgan fingerprint density at radius 2 is 1.92 bits per heavy atom. The fraction of sp³-hybridized carbons (Fsp3) is 0. The van der Waals surface area contributed by atoms with Gasteiger partial charge in [0, 0.05) is 18.6 Å². The molecule has 4 aromatic rings. The van der Waals surface area contributed by atoms with E-state index in [0.29, 0.717) is 17.3 Å². The summed E-state index contributed by atoms with van der Waals surface area (Å²) in [4.78, 5) is 16.8. The van der Waals surface area contributed by atoms with Crippen LogP contribution in [0.1, 0.15) is 5.56 Å². The number of anilines is 1. The standard InChI is InChI=1S/C16H12N8/c1-2-6-18-14(3-1)24-16-13(10-22-24)15(19-11-20-16)23-21-9-12-4-7-17-8-5-12/h1-11H,(H,19,20,23). The highest BCUT2D eigenvalue weighted by Gasteiger charge is 2.10. The maximum atomic E-state index is 4.34. The summed E-state index contributed by atoms with van der Waals surface area (Å²) in [6, 6.07) is 9.34. The molecule has 0 spiro atoms. The topological polar surface area (TPSA) is 93.8 Å². The predicted molar refractivity (Wildman–Crippen MR) is 89.9 cm³/mol. The van der Waals surface area contributed by atoms with Crippen LogP contribution in [0.3, 0.4) is 0 Å². The first-order valence-corrected chi connectivity index (χ1v) is 7.21. The minimum absolute atomic E-state index is 0.576. The molecule has 0 radical (unpaired) electrons. The molecule has 4 heterocycles. The second-order valence-electron chi connectivity index (χ2n) is 4.85. The van der Waals surface area contributed by atoms with Gasteiger partial charge in [0.1, 0.15) is 6.33 Å². The van der Waals surface area contributed by atoms with E-state index in [-0.39, 0.29) is 0 Å². The molecule has 0 saturated heterocycles. The molecule has 24 heavy (non-hydrogen) atoms. The number of hydrazone groups is 1. The molecule has 116 valence electrons. The van der Waals surface area contributed by atoms with Crippen LogP contribution in [-0.4, -0.2) is 35.9 Å². The number of hydrogen-bond acceptors (Lipinski definition) is 7. The molecule has 0 saturated carbocycles. The summed E-state index contributed by atoms with van der Waals surface area (Å²) >= 11 is 0. The van der Waals surface area contributed by atoms with Gasteiger partial charge in [-0.25, -0.2) is 15.0 Å². The van der Waals surface area contributed by atoms with Crippen LogP contribution in [0.15, 0.2) is 66.5 Å². The van der Waals surface area contributed by atoms with Gasteiger partial charge in [0.05, 0.1) is 17.8 Å². The Morgan fingerprint density at radius 3 is 2.75 bits per heavy atom. The Labute approximate surface area is 136 Å². The van der Waals surface area contributed by atoms with E-state index in [0.717, 1.165) is 10.9 Å². The molecular weight excluding hydrogens is 304 g/mol. The average molecular weight is 316 g/mol. The number of rotatable bonds is 4. The summed E-state index contributed by atoms with van der Waals surface area (Å²) in [6.45, 7) is 0. The van der Waals surface area contributed by atoms with E-state index in [1.807, 2.05) is 30.3 Å². The molecule has 8 nitrogen and oxygen atoms in total. The summed E-state index contributed by atoms with van der Waals surface area (Å²) in [5.41, 5.74) is 4.52. The summed E-state index contributed by atoms with van der Waals surface area (Å²) in [6.07, 6.45) is 9.98. The zero-order chi connectivity index (χ0) is 16.2. The first-order chi connectivity index (χ1) is 11.9. The third kappa shape index (κ3) is 2.68. The van der Waals surface area contributed by atoms with Crippen LogP contribution < -0.4 is 5.43 Å². The molecule has 0 fully saturated rings. The Hall–Kier alpha value is -3.68. The summed E-state index contributed by atoms with van der Waals surface area (Å²) in [5, 5.41) is 9.30. The Bertz CT molecular complexity index is 979. The molecule has 0 aliphatic rings. The molecule has 0 aliphatic heterocycles. The smallest absolute Gasteiger partial charge is 0.170 e. The van der Waals surface area contributed by atoms with Crippen LogP contribution in [0.2, 0.25) is 0 Å². The molecule has 8 heteroatoms. The summed E-state index contributed by atoms with van der Waals surface area (Å²) in [5.74, 6) is 1.27. The molecular formula is C16H12N8. The third-order valence-electron chi connectivity index (χ3n) is 3.32. The SMILES string of the molecule is C(=NNc1ncnc2c1cnn2-c1ccccn1)c1ccncc1. The highest BCUT2D eigenvalue weighted by molar-refractivity contribution is 5.87. The largest absolute Gasteiger partial charge is 0.265 e. The lowest BCUT2D eigenvalue weighted by atomic mass is 10.3. The predicted octanol–water partition coefficient (Wildman–Crippen LogP) is 2.05. The van der Waals surface area contributed by atoms with E-state index in [1.54, 1.807) is 35.7 Å². The molecule has 4 aromatic heterocycles. The van der Waals surface area contributed by atoms with Crippen molar-refractivity contribution in [1.29, 1.82) is 0 Å². The fourth-order valence-electron chi connectivity index (χ4n) is 2.20. The van der Waals surface area contributed by atoms with Crippen LogP contribution in [0.4, 0.5) is 5.82 Å². The maximum Gasteiger partial charge on any atom is 0.170 e. The maximum absolute atomic E-state index is 4.34. The highest BCUT2D eigenvalue weighted by atomic mass is 15.4. The van der Waals surface area contributed by atoms with Gasteiger partial charge in [-0.1, -0.05) is 6.07 Å². The van der Waals surface area contributed by atoms with E-state index in [9.17, 15) is 0 Å². The highest BCUT2D eigenvalue weighted by Crippen LogP contribution is 2.20. The molecule has 0 bridgehead atoms. The van der Waals surface area contributed by atoms with Gasteiger partial charge in [0.15, 0.2) is 17.3 Å². The minimum Gasteiger partial charge on any atom is -0.265 e. The zero-order valence-corrected chi connectivity index (χ0v) is 12.5. The normalized spacial score (nSPS) is 11.2. The van der Waals surface area contributed by atoms with Crippen molar-refractivity contribution in [2.24, 2.45) is 5.10 Å². The molecule has 0 aromatic carbocycles. The molecule has 1 N–H and O–H groups in total. The van der Waals surface area contributed by atoms with Gasteiger partial charge in [0.25, 0.3) is 0 Å². The van der Waals surface area contributed by atoms with Crippen molar-refractivity contribution in [3.63, 3.8) is 0 Å². The van der Waals surface area contributed by atoms with Gasteiger partial charge in [-0.3, -0.25) is 10.4 Å². The molecule has 0 atom stereocenters. The molecule has 0 amide bonds. The molecule has 4 rings (SSSR count).